The molecule has 0 bridgehead atoms. The molecule has 1 N–H and O–H groups in total. The van der Waals surface area contributed by atoms with E-state index in [1.807, 2.05) is 13.8 Å². The maximum Gasteiger partial charge on any atom is 0.280 e. The lowest BCUT2D eigenvalue weighted by atomic mass is 10.2. The highest BCUT2D eigenvalue weighted by molar-refractivity contribution is 7.85. The van der Waals surface area contributed by atoms with E-state index in [0.717, 1.165) is 6.26 Å². The molecule has 0 saturated carbocycles. The summed E-state index contributed by atoms with van der Waals surface area (Å²) >= 11 is 0. The Hall–Kier alpha value is -0.130. The lowest BCUT2D eigenvalue weighted by molar-refractivity contribution is 0.193. The Morgan fingerprint density at radius 2 is 2.00 bits per heavy atom. The highest BCUT2D eigenvalue weighted by Gasteiger charge is 2.00. The van der Waals surface area contributed by atoms with E-state index < -0.39 is 10.1 Å². The van der Waals surface area contributed by atoms with Crippen LogP contribution in [0.5, 0.6) is 0 Å². The summed E-state index contributed by atoms with van der Waals surface area (Å²) in [6.45, 7) is 4.45. The van der Waals surface area contributed by atoms with Gasteiger partial charge in [-0.3, -0.25) is 0 Å². The van der Waals surface area contributed by atoms with E-state index in [1.165, 1.54) is 0 Å². The van der Waals surface area contributed by atoms with Crippen LogP contribution in [0.25, 0.3) is 0 Å². The summed E-state index contributed by atoms with van der Waals surface area (Å²) in [6, 6.07) is 0. The summed E-state index contributed by atoms with van der Waals surface area (Å²) in [7, 11) is -3.33. The van der Waals surface area contributed by atoms with Crippen LogP contribution in [0.1, 0.15) is 13.8 Å². The van der Waals surface area contributed by atoms with Gasteiger partial charge in [-0.1, -0.05) is 13.8 Å². The summed E-state index contributed by atoms with van der Waals surface area (Å²) in [5.41, 5.74) is 2.34. The normalized spacial score (nSPS) is 12.4. The van der Waals surface area contributed by atoms with Crippen molar-refractivity contribution in [3.05, 3.63) is 0 Å². The van der Waals surface area contributed by atoms with Crippen LogP contribution in [0.2, 0.25) is 0 Å². The molecule has 0 rings (SSSR count). The molecule has 0 amide bonds. The van der Waals surface area contributed by atoms with Crippen molar-refractivity contribution in [1.29, 1.82) is 0 Å². The monoisotopic (exact) mass is 167 g/mol. The molecule has 0 aliphatic heterocycles. The SMILES string of the molecule is CC(C)CNOS(C)(=O)=O. The molecule has 0 atom stereocenters. The molecule has 0 radical (unpaired) electrons. The molecule has 0 heterocycles. The number of nitrogens with one attached hydrogen (secondary N) is 1. The van der Waals surface area contributed by atoms with Crippen molar-refractivity contribution in [2.45, 2.75) is 13.8 Å². The molecule has 0 aliphatic carbocycles. The Morgan fingerprint density at radius 1 is 1.50 bits per heavy atom. The zero-order chi connectivity index (χ0) is 8.20. The number of hydroxylamine groups is 1. The van der Waals surface area contributed by atoms with Gasteiger partial charge in [0.2, 0.25) is 0 Å². The van der Waals surface area contributed by atoms with Gasteiger partial charge < -0.3 is 0 Å². The minimum Gasteiger partial charge on any atom is -0.198 e. The minimum atomic E-state index is -3.33. The quantitative estimate of drug-likeness (QED) is 0.604. The van der Waals surface area contributed by atoms with Gasteiger partial charge in [0, 0.05) is 6.54 Å². The van der Waals surface area contributed by atoms with E-state index in [0.29, 0.717) is 12.5 Å². The molecule has 62 valence electrons. The minimum absolute atomic E-state index is 0.377. The Balaban J connectivity index is 3.39. The van der Waals surface area contributed by atoms with Crippen LogP contribution in [0.3, 0.4) is 0 Å². The Kier molecular flexibility index (Phi) is 3.85. The first kappa shape index (κ1) is 9.87. The maximum atomic E-state index is 10.3. The second kappa shape index (κ2) is 3.90. The lowest BCUT2D eigenvalue weighted by Gasteiger charge is -2.04. The van der Waals surface area contributed by atoms with Crippen LogP contribution in [0, 0.1) is 5.92 Å². The molecular weight excluding hydrogens is 154 g/mol. The Bertz CT molecular complexity index is 173. The molecule has 0 aliphatic rings. The second-order valence-electron chi connectivity index (χ2n) is 2.53. The van der Waals surface area contributed by atoms with Crippen LogP contribution in [0.4, 0.5) is 0 Å². The van der Waals surface area contributed by atoms with E-state index in [1.54, 1.807) is 0 Å². The Labute approximate surface area is 61.7 Å². The van der Waals surface area contributed by atoms with Crippen molar-refractivity contribution in [1.82, 2.24) is 5.48 Å². The molecule has 5 heteroatoms. The summed E-state index contributed by atoms with van der Waals surface area (Å²) in [5, 5.41) is 0. The summed E-state index contributed by atoms with van der Waals surface area (Å²) in [5.74, 6) is 0.377. The Morgan fingerprint density at radius 3 is 2.30 bits per heavy atom. The molecule has 4 nitrogen and oxygen atoms in total. The van der Waals surface area contributed by atoms with Crippen LogP contribution in [0.15, 0.2) is 0 Å². The van der Waals surface area contributed by atoms with Crippen molar-refractivity contribution in [3.63, 3.8) is 0 Å². The van der Waals surface area contributed by atoms with Gasteiger partial charge in [-0.25, -0.2) is 0 Å². The van der Waals surface area contributed by atoms with E-state index in [9.17, 15) is 8.42 Å². The first-order chi connectivity index (χ1) is 4.42. The fraction of sp³-hybridized carbons (Fsp3) is 1.00. The van der Waals surface area contributed by atoms with Gasteiger partial charge in [0.25, 0.3) is 10.1 Å². The van der Waals surface area contributed by atoms with Gasteiger partial charge in [0.15, 0.2) is 0 Å². The van der Waals surface area contributed by atoms with Crippen molar-refractivity contribution in [2.75, 3.05) is 12.8 Å². The summed E-state index contributed by atoms with van der Waals surface area (Å²) < 4.78 is 24.9. The lowest BCUT2D eigenvalue weighted by Crippen LogP contribution is -2.23. The van der Waals surface area contributed by atoms with E-state index in [-0.39, 0.29) is 0 Å². The first-order valence-corrected chi connectivity index (χ1v) is 4.85. The number of hydrogen-bond donors (Lipinski definition) is 1. The fourth-order valence-corrected chi connectivity index (χ4v) is 0.590. The molecule has 0 aromatic rings. The number of rotatable bonds is 4. The average Bonchev–Trinajstić information content (AvgIpc) is 1.59. The van der Waals surface area contributed by atoms with Gasteiger partial charge in [-0.2, -0.15) is 18.2 Å². The third-order valence-corrected chi connectivity index (χ3v) is 1.12. The van der Waals surface area contributed by atoms with Gasteiger partial charge in [0.05, 0.1) is 6.26 Å². The standard InChI is InChI=1S/C5H13NO3S/c1-5(2)4-6-9-10(3,7)8/h5-6H,4H2,1-3H3. The zero-order valence-electron chi connectivity index (χ0n) is 6.42. The average molecular weight is 167 g/mol. The zero-order valence-corrected chi connectivity index (χ0v) is 7.23. The van der Waals surface area contributed by atoms with Crippen molar-refractivity contribution >= 4 is 10.1 Å². The second-order valence-corrected chi connectivity index (χ2v) is 4.10. The predicted octanol–water partition coefficient (Wildman–Crippen LogP) is 0.123. The van der Waals surface area contributed by atoms with Gasteiger partial charge >= 0.3 is 0 Å². The molecule has 0 spiro atoms. The fourth-order valence-electron chi connectivity index (χ4n) is 0.308. The number of hydrogen-bond acceptors (Lipinski definition) is 4. The smallest absolute Gasteiger partial charge is 0.198 e. The van der Waals surface area contributed by atoms with Gasteiger partial charge in [-0.15, -0.1) is 0 Å². The van der Waals surface area contributed by atoms with Crippen molar-refractivity contribution in [2.24, 2.45) is 5.92 Å². The topological polar surface area (TPSA) is 55.4 Å². The summed E-state index contributed by atoms with van der Waals surface area (Å²) in [6.07, 6.45) is 1.00. The highest BCUT2D eigenvalue weighted by Crippen LogP contribution is 1.88. The molecule has 0 unspecified atom stereocenters. The van der Waals surface area contributed by atoms with Crippen molar-refractivity contribution < 1.29 is 12.7 Å². The molecule has 0 saturated heterocycles. The van der Waals surface area contributed by atoms with Gasteiger partial charge in [-0.05, 0) is 5.92 Å². The maximum absolute atomic E-state index is 10.3. The molecule has 10 heavy (non-hydrogen) atoms. The largest absolute Gasteiger partial charge is 0.280 e. The van der Waals surface area contributed by atoms with Gasteiger partial charge in [0.1, 0.15) is 0 Å². The molecular formula is C5H13NO3S. The van der Waals surface area contributed by atoms with E-state index in [4.69, 9.17) is 0 Å². The van der Waals surface area contributed by atoms with Crippen LogP contribution in [-0.4, -0.2) is 21.2 Å². The third-order valence-electron chi connectivity index (χ3n) is 0.702. The molecule has 0 aromatic heterocycles. The van der Waals surface area contributed by atoms with E-state index in [2.05, 4.69) is 9.76 Å². The van der Waals surface area contributed by atoms with Crippen LogP contribution < -0.4 is 5.48 Å². The predicted molar refractivity (Wildman–Crippen MR) is 38.8 cm³/mol. The van der Waals surface area contributed by atoms with E-state index >= 15 is 0 Å². The van der Waals surface area contributed by atoms with Crippen molar-refractivity contribution in [3.8, 4) is 0 Å². The first-order valence-electron chi connectivity index (χ1n) is 3.03. The highest BCUT2D eigenvalue weighted by atomic mass is 32.2. The van der Waals surface area contributed by atoms with Crippen LogP contribution in [-0.2, 0) is 14.4 Å². The molecule has 0 fully saturated rings. The summed E-state index contributed by atoms with van der Waals surface area (Å²) in [4.78, 5) is 0. The third kappa shape index (κ3) is 7.87. The molecule has 0 aromatic carbocycles. The van der Waals surface area contributed by atoms with Crippen LogP contribution >= 0.6 is 0 Å².